The summed E-state index contributed by atoms with van der Waals surface area (Å²) in [6, 6.07) is 11.4. The third-order valence-electron chi connectivity index (χ3n) is 4.49. The zero-order valence-electron chi connectivity index (χ0n) is 17.6. The molecular weight excluding hydrogens is 394 g/mol. The Morgan fingerprint density at radius 2 is 2.00 bits per heavy atom. The molecule has 0 aliphatic rings. The second kappa shape index (κ2) is 11.0. The Morgan fingerprint density at radius 3 is 2.74 bits per heavy atom. The number of ether oxygens (including phenoxy) is 1. The number of nitrogens with zero attached hydrogens (tertiary/aromatic N) is 6. The number of nitrogens with one attached hydrogen (secondary N) is 1. The van der Waals surface area contributed by atoms with Crippen LogP contribution in [0.5, 0.6) is 5.75 Å². The number of aliphatic hydroxyl groups excluding tert-OH is 1. The predicted molar refractivity (Wildman–Crippen MR) is 117 cm³/mol. The Labute approximate surface area is 181 Å². The Bertz CT molecular complexity index is 1020. The highest BCUT2D eigenvalue weighted by Gasteiger charge is 2.13. The molecule has 2 heterocycles. The van der Waals surface area contributed by atoms with E-state index < -0.39 is 6.10 Å². The molecule has 0 amide bonds. The van der Waals surface area contributed by atoms with Crippen molar-refractivity contribution >= 4 is 5.82 Å². The van der Waals surface area contributed by atoms with Crippen LogP contribution in [0.3, 0.4) is 0 Å². The largest absolute Gasteiger partial charge is 0.491 e. The van der Waals surface area contributed by atoms with Gasteiger partial charge in [-0.1, -0.05) is 12.1 Å². The first-order valence-electron chi connectivity index (χ1n) is 9.89. The fraction of sp³-hybridized carbons (Fsp3) is 0.318. The minimum atomic E-state index is -0.605. The lowest BCUT2D eigenvalue weighted by Crippen LogP contribution is -2.29. The van der Waals surface area contributed by atoms with Gasteiger partial charge in [-0.25, -0.2) is 19.9 Å². The fourth-order valence-corrected chi connectivity index (χ4v) is 2.88. The molecule has 2 N–H and O–H groups in total. The molecule has 9 nitrogen and oxygen atoms in total. The highest BCUT2D eigenvalue weighted by Crippen LogP contribution is 2.27. The molecule has 0 bridgehead atoms. The maximum Gasteiger partial charge on any atom is 0.162 e. The van der Waals surface area contributed by atoms with Crippen LogP contribution < -0.4 is 15.0 Å². The third kappa shape index (κ3) is 6.18. The lowest BCUT2D eigenvalue weighted by Gasteiger charge is -2.18. The van der Waals surface area contributed by atoms with Crippen LogP contribution in [0.15, 0.2) is 49.1 Å². The van der Waals surface area contributed by atoms with Gasteiger partial charge in [0.05, 0.1) is 18.2 Å². The molecule has 31 heavy (non-hydrogen) atoms. The quantitative estimate of drug-likeness (QED) is 0.508. The number of rotatable bonds is 10. The van der Waals surface area contributed by atoms with Gasteiger partial charge in [-0.05, 0) is 19.2 Å². The van der Waals surface area contributed by atoms with Crippen molar-refractivity contribution in [1.29, 1.82) is 5.26 Å². The molecule has 1 unspecified atom stereocenters. The van der Waals surface area contributed by atoms with Crippen LogP contribution in [-0.4, -0.2) is 64.9 Å². The van der Waals surface area contributed by atoms with Gasteiger partial charge < -0.3 is 20.1 Å². The van der Waals surface area contributed by atoms with Crippen molar-refractivity contribution in [3.8, 4) is 34.5 Å². The van der Waals surface area contributed by atoms with E-state index in [9.17, 15) is 5.11 Å². The van der Waals surface area contributed by atoms with Crippen LogP contribution in [-0.2, 0) is 0 Å². The maximum absolute atomic E-state index is 9.88. The van der Waals surface area contributed by atoms with Crippen LogP contribution in [0, 0.1) is 11.3 Å². The van der Waals surface area contributed by atoms with Crippen LogP contribution in [0.2, 0.25) is 0 Å². The Kier molecular flexibility index (Phi) is 7.81. The molecule has 9 heteroatoms. The Balaban J connectivity index is 1.94. The Morgan fingerprint density at radius 1 is 1.19 bits per heavy atom. The predicted octanol–water partition coefficient (Wildman–Crippen LogP) is 1.91. The first kappa shape index (κ1) is 22.1. The van der Waals surface area contributed by atoms with Gasteiger partial charge in [-0.3, -0.25) is 0 Å². The topological polar surface area (TPSA) is 120 Å². The lowest BCUT2D eigenvalue weighted by atomic mass is 10.1. The molecule has 0 saturated carbocycles. The third-order valence-corrected chi connectivity index (χ3v) is 4.49. The molecule has 2 aromatic heterocycles. The molecule has 0 radical (unpaired) electrons. The van der Waals surface area contributed by atoms with E-state index in [1.54, 1.807) is 19.4 Å². The number of aliphatic hydroxyl groups is 1. The molecule has 3 rings (SSSR count). The van der Waals surface area contributed by atoms with Crippen LogP contribution in [0.25, 0.3) is 22.6 Å². The molecule has 160 valence electrons. The summed E-state index contributed by atoms with van der Waals surface area (Å²) in [5.41, 5.74) is 2.22. The van der Waals surface area contributed by atoms with E-state index in [2.05, 4.69) is 21.4 Å². The normalized spacial score (nSPS) is 11.5. The van der Waals surface area contributed by atoms with Crippen LogP contribution in [0.1, 0.15) is 6.42 Å². The molecule has 0 aliphatic heterocycles. The van der Waals surface area contributed by atoms with Crippen LogP contribution >= 0.6 is 0 Å². The number of hydrogen-bond donors (Lipinski definition) is 2. The second-order valence-electron chi connectivity index (χ2n) is 6.94. The summed E-state index contributed by atoms with van der Waals surface area (Å²) in [5.74, 6) is 1.82. The first-order valence-corrected chi connectivity index (χ1v) is 9.89. The zero-order chi connectivity index (χ0) is 22.1. The van der Waals surface area contributed by atoms with Gasteiger partial charge in [0, 0.05) is 49.7 Å². The highest BCUT2D eigenvalue weighted by molar-refractivity contribution is 5.67. The molecule has 1 atom stereocenters. The van der Waals surface area contributed by atoms with Gasteiger partial charge >= 0.3 is 0 Å². The van der Waals surface area contributed by atoms with Gasteiger partial charge in [0.2, 0.25) is 0 Å². The van der Waals surface area contributed by atoms with Gasteiger partial charge in [0.1, 0.15) is 30.6 Å². The summed E-state index contributed by atoms with van der Waals surface area (Å²) in [7, 11) is 3.66. The van der Waals surface area contributed by atoms with Crippen molar-refractivity contribution in [3.63, 3.8) is 0 Å². The van der Waals surface area contributed by atoms with E-state index >= 15 is 0 Å². The van der Waals surface area contributed by atoms with Gasteiger partial charge in [-0.15, -0.1) is 0 Å². The fourth-order valence-electron chi connectivity index (χ4n) is 2.88. The summed E-state index contributed by atoms with van der Waals surface area (Å²) < 4.78 is 5.72. The smallest absolute Gasteiger partial charge is 0.162 e. The SMILES string of the molecule is CNCC(O)COc1cccc(-c2nc(-c3cncnc3)cc(N(C)CCC#N)n2)c1. The highest BCUT2D eigenvalue weighted by atomic mass is 16.5. The van der Waals surface area contributed by atoms with Crippen LogP contribution in [0.4, 0.5) is 5.82 Å². The standard InChI is InChI=1S/C22H25N7O2/c1-24-13-18(30)14-31-19-6-3-5-16(9-19)22-27-20(17-11-25-15-26-12-17)10-21(28-22)29(2)8-4-7-23/h3,5-6,9-12,15,18,24,30H,4,8,13-14H2,1-2H3. The first-order chi connectivity index (χ1) is 15.1. The molecule has 0 fully saturated rings. The van der Waals surface area contributed by atoms with Crippen molar-refractivity contribution < 1.29 is 9.84 Å². The van der Waals surface area contributed by atoms with Crippen molar-refractivity contribution in [1.82, 2.24) is 25.3 Å². The summed E-state index contributed by atoms with van der Waals surface area (Å²) in [6.07, 6.45) is 4.64. The lowest BCUT2D eigenvalue weighted by molar-refractivity contribution is 0.108. The second-order valence-corrected chi connectivity index (χ2v) is 6.94. The van der Waals surface area contributed by atoms with E-state index in [0.717, 1.165) is 11.1 Å². The molecule has 3 aromatic rings. The summed E-state index contributed by atoms with van der Waals surface area (Å²) in [4.78, 5) is 19.5. The van der Waals surface area contributed by atoms with Crippen molar-refractivity contribution in [2.75, 3.05) is 38.7 Å². The number of nitriles is 1. The summed E-state index contributed by atoms with van der Waals surface area (Å²) in [5, 5.41) is 21.7. The number of aromatic nitrogens is 4. The minimum absolute atomic E-state index is 0.175. The molecule has 0 aliphatic carbocycles. The van der Waals surface area contributed by atoms with Gasteiger partial charge in [-0.2, -0.15) is 5.26 Å². The zero-order valence-corrected chi connectivity index (χ0v) is 17.6. The summed E-state index contributed by atoms with van der Waals surface area (Å²) >= 11 is 0. The number of anilines is 1. The van der Waals surface area contributed by atoms with Crippen molar-refractivity contribution in [2.45, 2.75) is 12.5 Å². The van der Waals surface area contributed by atoms with E-state index in [0.29, 0.717) is 42.6 Å². The number of likely N-dealkylation sites (N-methyl/N-ethyl adjacent to an activating group) is 1. The van der Waals surface area contributed by atoms with E-state index in [1.807, 2.05) is 42.3 Å². The average Bonchev–Trinajstić information content (AvgIpc) is 2.82. The maximum atomic E-state index is 9.88. The molecule has 0 saturated heterocycles. The number of benzene rings is 1. The number of hydrogen-bond acceptors (Lipinski definition) is 9. The van der Waals surface area contributed by atoms with Crippen molar-refractivity contribution in [3.05, 3.63) is 49.1 Å². The van der Waals surface area contributed by atoms with E-state index in [-0.39, 0.29) is 6.61 Å². The van der Waals surface area contributed by atoms with E-state index in [4.69, 9.17) is 20.0 Å². The molecular formula is C22H25N7O2. The van der Waals surface area contributed by atoms with Crippen molar-refractivity contribution in [2.24, 2.45) is 0 Å². The monoisotopic (exact) mass is 419 g/mol. The minimum Gasteiger partial charge on any atom is -0.491 e. The molecule has 0 spiro atoms. The Hall–Kier alpha value is -3.61. The van der Waals surface area contributed by atoms with E-state index in [1.165, 1.54) is 6.33 Å². The van der Waals surface area contributed by atoms with Gasteiger partial charge in [0.15, 0.2) is 5.82 Å². The molecule has 1 aromatic carbocycles. The van der Waals surface area contributed by atoms with Gasteiger partial charge in [0.25, 0.3) is 0 Å². The average molecular weight is 419 g/mol. The summed E-state index contributed by atoms with van der Waals surface area (Å²) in [6.45, 7) is 1.17.